The summed E-state index contributed by atoms with van der Waals surface area (Å²) in [5, 5.41) is 0. The van der Waals surface area contributed by atoms with Gasteiger partial charge in [-0.3, -0.25) is 9.78 Å². The molecule has 1 aromatic carbocycles. The predicted molar refractivity (Wildman–Crippen MR) is 82.6 cm³/mol. The summed E-state index contributed by atoms with van der Waals surface area (Å²) >= 11 is 0. The molecule has 5 heteroatoms. The van der Waals surface area contributed by atoms with Crippen molar-refractivity contribution in [1.29, 1.82) is 0 Å². The molecule has 3 aromatic rings. The summed E-state index contributed by atoms with van der Waals surface area (Å²) in [6.07, 6.45) is 5.20. The van der Waals surface area contributed by atoms with Crippen molar-refractivity contribution in [3.63, 3.8) is 0 Å². The highest BCUT2D eigenvalue weighted by atomic mass is 19.1. The molecule has 4 nitrogen and oxygen atoms in total. The maximum absolute atomic E-state index is 13.2. The number of benzene rings is 1. The van der Waals surface area contributed by atoms with Gasteiger partial charge >= 0.3 is 0 Å². The van der Waals surface area contributed by atoms with E-state index in [1.807, 2.05) is 18.3 Å². The van der Waals surface area contributed by atoms with Crippen LogP contribution in [0.3, 0.4) is 0 Å². The molecule has 0 saturated carbocycles. The average Bonchev–Trinajstić information content (AvgIpc) is 2.86. The van der Waals surface area contributed by atoms with Crippen molar-refractivity contribution in [1.82, 2.24) is 9.55 Å². The molecular weight excluding hydrogens is 281 g/mol. The van der Waals surface area contributed by atoms with Crippen LogP contribution in [0.2, 0.25) is 0 Å². The third-order valence-corrected chi connectivity index (χ3v) is 3.54. The molecule has 0 bridgehead atoms. The summed E-state index contributed by atoms with van der Waals surface area (Å²) in [7, 11) is 1.76. The lowest BCUT2D eigenvalue weighted by molar-refractivity contribution is 0.0993. The van der Waals surface area contributed by atoms with E-state index in [9.17, 15) is 9.18 Å². The minimum absolute atomic E-state index is 0.328. The molecule has 0 atom stereocenters. The average molecular weight is 295 g/mol. The Balaban J connectivity index is 2.30. The van der Waals surface area contributed by atoms with E-state index in [2.05, 4.69) is 4.98 Å². The van der Waals surface area contributed by atoms with Gasteiger partial charge in [0.15, 0.2) is 0 Å². The molecular formula is C17H14FN3O. The molecule has 0 radical (unpaired) electrons. The number of nitrogens with two attached hydrogens (primary N) is 1. The third-order valence-electron chi connectivity index (χ3n) is 3.54. The van der Waals surface area contributed by atoms with Gasteiger partial charge in [0.2, 0.25) is 0 Å². The van der Waals surface area contributed by atoms with E-state index in [0.29, 0.717) is 11.3 Å². The standard InChI is InChI=1S/C17H14FN3O/c1-21-10-14(11-6-8-20-9-7-11)15(16(21)17(19)22)12-2-4-13(18)5-3-12/h2-10H,1H3,(H2,19,22). The molecule has 0 saturated heterocycles. The molecule has 0 aliphatic rings. The first-order valence-corrected chi connectivity index (χ1v) is 6.73. The van der Waals surface area contributed by atoms with Crippen LogP contribution in [0.1, 0.15) is 10.5 Å². The van der Waals surface area contributed by atoms with Crippen LogP contribution in [0.15, 0.2) is 55.0 Å². The number of rotatable bonds is 3. The number of aryl methyl sites for hydroxylation is 1. The second-order valence-corrected chi connectivity index (χ2v) is 4.98. The number of aromatic nitrogens is 2. The van der Waals surface area contributed by atoms with Crippen molar-refractivity contribution in [2.45, 2.75) is 0 Å². The normalized spacial score (nSPS) is 10.6. The quantitative estimate of drug-likeness (QED) is 0.807. The first kappa shape index (κ1) is 14.0. The Bertz CT molecular complexity index is 823. The lowest BCUT2D eigenvalue weighted by atomic mass is 9.97. The number of hydrogen-bond donors (Lipinski definition) is 1. The van der Waals surface area contributed by atoms with E-state index in [-0.39, 0.29) is 5.82 Å². The van der Waals surface area contributed by atoms with Crippen LogP contribution in [-0.2, 0) is 7.05 Å². The lowest BCUT2D eigenvalue weighted by Gasteiger charge is -2.07. The number of carbonyl (C=O) groups is 1. The number of primary amides is 1. The molecule has 3 rings (SSSR count). The fourth-order valence-electron chi connectivity index (χ4n) is 2.58. The number of nitrogens with zero attached hydrogens (tertiary/aromatic N) is 2. The van der Waals surface area contributed by atoms with Crippen molar-refractivity contribution in [2.75, 3.05) is 0 Å². The largest absolute Gasteiger partial charge is 0.364 e. The lowest BCUT2D eigenvalue weighted by Crippen LogP contribution is -2.16. The fourth-order valence-corrected chi connectivity index (χ4v) is 2.58. The monoisotopic (exact) mass is 295 g/mol. The second-order valence-electron chi connectivity index (χ2n) is 4.98. The molecule has 2 heterocycles. The van der Waals surface area contributed by atoms with Gasteiger partial charge in [-0.15, -0.1) is 0 Å². The van der Waals surface area contributed by atoms with Gasteiger partial charge in [0.1, 0.15) is 11.5 Å². The second kappa shape index (κ2) is 5.44. The Morgan fingerprint density at radius 2 is 1.73 bits per heavy atom. The molecule has 0 aliphatic carbocycles. The number of halogens is 1. The molecule has 2 N–H and O–H groups in total. The van der Waals surface area contributed by atoms with Crippen LogP contribution in [0.4, 0.5) is 4.39 Å². The van der Waals surface area contributed by atoms with Crippen molar-refractivity contribution in [3.8, 4) is 22.3 Å². The van der Waals surface area contributed by atoms with E-state index in [1.165, 1.54) is 12.1 Å². The van der Waals surface area contributed by atoms with Crippen LogP contribution in [0, 0.1) is 5.82 Å². The predicted octanol–water partition coefficient (Wildman–Crippen LogP) is 2.99. The van der Waals surface area contributed by atoms with E-state index < -0.39 is 5.91 Å². The highest BCUT2D eigenvalue weighted by Crippen LogP contribution is 2.36. The van der Waals surface area contributed by atoms with Gasteiger partial charge in [0.05, 0.1) is 0 Å². The molecule has 0 aliphatic heterocycles. The summed E-state index contributed by atoms with van der Waals surface area (Å²) in [4.78, 5) is 15.8. The maximum atomic E-state index is 13.2. The third kappa shape index (κ3) is 2.37. The molecule has 0 unspecified atom stereocenters. The zero-order valence-corrected chi connectivity index (χ0v) is 12.0. The summed E-state index contributed by atoms with van der Waals surface area (Å²) < 4.78 is 14.9. The van der Waals surface area contributed by atoms with Gasteiger partial charge in [-0.05, 0) is 35.4 Å². The van der Waals surface area contributed by atoms with Gasteiger partial charge in [-0.25, -0.2) is 4.39 Å². The Labute approximate surface area is 127 Å². The number of amides is 1. The van der Waals surface area contributed by atoms with Gasteiger partial charge in [-0.2, -0.15) is 0 Å². The van der Waals surface area contributed by atoms with Gasteiger partial charge in [0, 0.05) is 36.8 Å². The zero-order valence-electron chi connectivity index (χ0n) is 12.0. The molecule has 0 fully saturated rings. The van der Waals surface area contributed by atoms with Crippen molar-refractivity contribution < 1.29 is 9.18 Å². The van der Waals surface area contributed by atoms with Gasteiger partial charge < -0.3 is 10.3 Å². The maximum Gasteiger partial charge on any atom is 0.265 e. The number of hydrogen-bond acceptors (Lipinski definition) is 2. The Hall–Kier alpha value is -2.95. The smallest absolute Gasteiger partial charge is 0.265 e. The van der Waals surface area contributed by atoms with Crippen LogP contribution >= 0.6 is 0 Å². The fraction of sp³-hybridized carbons (Fsp3) is 0.0588. The topological polar surface area (TPSA) is 60.9 Å². The van der Waals surface area contributed by atoms with Crippen LogP contribution < -0.4 is 5.73 Å². The molecule has 22 heavy (non-hydrogen) atoms. The highest BCUT2D eigenvalue weighted by molar-refractivity contribution is 6.03. The molecule has 110 valence electrons. The van der Waals surface area contributed by atoms with Crippen molar-refractivity contribution in [3.05, 3.63) is 66.5 Å². The zero-order chi connectivity index (χ0) is 15.7. The molecule has 1 amide bonds. The van der Waals surface area contributed by atoms with Crippen molar-refractivity contribution in [2.24, 2.45) is 12.8 Å². The van der Waals surface area contributed by atoms with Gasteiger partial charge in [0.25, 0.3) is 5.91 Å². The summed E-state index contributed by atoms with van der Waals surface area (Å²) in [5.41, 5.74) is 9.12. The van der Waals surface area contributed by atoms with E-state index in [4.69, 9.17) is 5.73 Å². The minimum atomic E-state index is -0.526. The van der Waals surface area contributed by atoms with Crippen LogP contribution in [0.5, 0.6) is 0 Å². The SMILES string of the molecule is Cn1cc(-c2ccncc2)c(-c2ccc(F)cc2)c1C(N)=O. The molecule has 0 spiro atoms. The van der Waals surface area contributed by atoms with Gasteiger partial charge in [-0.1, -0.05) is 12.1 Å². The van der Waals surface area contributed by atoms with Crippen LogP contribution in [0.25, 0.3) is 22.3 Å². The Kier molecular flexibility index (Phi) is 3.47. The highest BCUT2D eigenvalue weighted by Gasteiger charge is 2.20. The summed E-state index contributed by atoms with van der Waals surface area (Å²) in [5.74, 6) is -0.854. The minimum Gasteiger partial charge on any atom is -0.364 e. The van der Waals surface area contributed by atoms with E-state index in [1.54, 1.807) is 36.1 Å². The summed E-state index contributed by atoms with van der Waals surface area (Å²) in [6, 6.07) is 9.72. The Morgan fingerprint density at radius 1 is 1.09 bits per heavy atom. The number of carbonyl (C=O) groups excluding carboxylic acids is 1. The Morgan fingerprint density at radius 3 is 2.32 bits per heavy atom. The van der Waals surface area contributed by atoms with Crippen LogP contribution in [-0.4, -0.2) is 15.5 Å². The van der Waals surface area contributed by atoms with E-state index >= 15 is 0 Å². The van der Waals surface area contributed by atoms with E-state index in [0.717, 1.165) is 16.7 Å². The number of pyridine rings is 1. The van der Waals surface area contributed by atoms with Crippen molar-refractivity contribution >= 4 is 5.91 Å². The first-order chi connectivity index (χ1) is 10.6. The first-order valence-electron chi connectivity index (χ1n) is 6.73. The molecule has 2 aromatic heterocycles. The summed E-state index contributed by atoms with van der Waals surface area (Å²) in [6.45, 7) is 0.